The van der Waals surface area contributed by atoms with E-state index in [2.05, 4.69) is 78.4 Å². The molecule has 0 fully saturated rings. The highest BCUT2D eigenvalue weighted by Crippen LogP contribution is 2.22. The summed E-state index contributed by atoms with van der Waals surface area (Å²) < 4.78 is 3.11. The van der Waals surface area contributed by atoms with Gasteiger partial charge in [0.05, 0.1) is 6.20 Å². The number of aromatic nitrogens is 2. The zero-order valence-electron chi connectivity index (χ0n) is 12.5. The lowest BCUT2D eigenvalue weighted by Gasteiger charge is -2.19. The third kappa shape index (κ3) is 3.70. The van der Waals surface area contributed by atoms with Crippen molar-refractivity contribution >= 4 is 15.9 Å². The molecule has 0 aliphatic rings. The van der Waals surface area contributed by atoms with Crippen molar-refractivity contribution in [1.82, 2.24) is 15.1 Å². The quantitative estimate of drug-likeness (QED) is 0.862. The van der Waals surface area contributed by atoms with Crippen molar-refractivity contribution in [3.63, 3.8) is 0 Å². The Morgan fingerprint density at radius 3 is 2.40 bits per heavy atom. The molecule has 0 aliphatic heterocycles. The predicted octanol–water partition coefficient (Wildman–Crippen LogP) is 4.64. The van der Waals surface area contributed by atoms with Gasteiger partial charge in [-0.1, -0.05) is 28.1 Å². The van der Waals surface area contributed by atoms with E-state index >= 15 is 0 Å². The summed E-state index contributed by atoms with van der Waals surface area (Å²) in [5, 5.41) is 8.02. The van der Waals surface area contributed by atoms with Gasteiger partial charge in [0.15, 0.2) is 0 Å². The molecule has 0 saturated carbocycles. The number of hydrogen-bond acceptors (Lipinski definition) is 2. The smallest absolute Gasteiger partial charge is 0.0537 e. The number of benzene rings is 1. The van der Waals surface area contributed by atoms with Crippen molar-refractivity contribution in [2.45, 2.75) is 45.8 Å². The number of halogens is 1. The average molecular weight is 336 g/mol. The lowest BCUT2D eigenvalue weighted by atomic mass is 10.1. The first kappa shape index (κ1) is 15.3. The van der Waals surface area contributed by atoms with Crippen molar-refractivity contribution in [2.24, 2.45) is 0 Å². The molecule has 1 heterocycles. The molecule has 1 aromatic heterocycles. The second kappa shape index (κ2) is 6.55. The molecule has 0 amide bonds. The van der Waals surface area contributed by atoms with Crippen molar-refractivity contribution in [1.29, 1.82) is 0 Å². The van der Waals surface area contributed by atoms with Crippen LogP contribution in [0.15, 0.2) is 41.1 Å². The summed E-state index contributed by atoms with van der Waals surface area (Å²) in [4.78, 5) is 0. The van der Waals surface area contributed by atoms with Gasteiger partial charge in [-0.05, 0) is 45.4 Å². The fourth-order valence-corrected chi connectivity index (χ4v) is 2.62. The van der Waals surface area contributed by atoms with E-state index in [1.54, 1.807) is 0 Å². The van der Waals surface area contributed by atoms with Gasteiger partial charge < -0.3 is 5.32 Å². The number of nitrogens with zero attached hydrogens (tertiary/aromatic N) is 2. The monoisotopic (exact) mass is 335 g/mol. The Hall–Kier alpha value is -1.13. The summed E-state index contributed by atoms with van der Waals surface area (Å²) >= 11 is 3.52. The molecule has 20 heavy (non-hydrogen) atoms. The van der Waals surface area contributed by atoms with Gasteiger partial charge in [0.25, 0.3) is 0 Å². The molecule has 2 atom stereocenters. The number of hydrogen-bond donors (Lipinski definition) is 1. The summed E-state index contributed by atoms with van der Waals surface area (Å²) in [6, 6.07) is 9.39. The number of nitrogens with one attached hydrogen (secondary N) is 1. The maximum absolute atomic E-state index is 4.40. The van der Waals surface area contributed by atoms with E-state index in [0.717, 1.165) is 4.47 Å². The SMILES string of the molecule is CC(C)n1cc([C@@H](C)N[C@H](C)c2cccc(Br)c2)cn1. The molecule has 1 aromatic carbocycles. The third-order valence-electron chi connectivity index (χ3n) is 3.50. The Morgan fingerprint density at radius 1 is 1.10 bits per heavy atom. The third-order valence-corrected chi connectivity index (χ3v) is 3.99. The Bertz CT molecular complexity index is 562. The first-order valence-corrected chi connectivity index (χ1v) is 7.82. The maximum Gasteiger partial charge on any atom is 0.0537 e. The predicted molar refractivity (Wildman–Crippen MR) is 86.7 cm³/mol. The lowest BCUT2D eigenvalue weighted by Crippen LogP contribution is -2.22. The van der Waals surface area contributed by atoms with E-state index in [0.29, 0.717) is 12.1 Å². The van der Waals surface area contributed by atoms with Gasteiger partial charge in [0.1, 0.15) is 0 Å². The molecule has 3 nitrogen and oxygen atoms in total. The molecule has 1 N–H and O–H groups in total. The van der Waals surface area contributed by atoms with Gasteiger partial charge in [-0.25, -0.2) is 0 Å². The van der Waals surface area contributed by atoms with Gasteiger partial charge in [-0.3, -0.25) is 4.68 Å². The van der Waals surface area contributed by atoms with E-state index in [9.17, 15) is 0 Å². The molecule has 0 spiro atoms. The highest BCUT2D eigenvalue weighted by molar-refractivity contribution is 9.10. The molecule has 0 saturated heterocycles. The van der Waals surface area contributed by atoms with Crippen LogP contribution < -0.4 is 5.32 Å². The van der Waals surface area contributed by atoms with Crippen molar-refractivity contribution in [2.75, 3.05) is 0 Å². The molecule has 0 bridgehead atoms. The fraction of sp³-hybridized carbons (Fsp3) is 0.438. The van der Waals surface area contributed by atoms with Crippen molar-refractivity contribution in [3.05, 3.63) is 52.3 Å². The highest BCUT2D eigenvalue weighted by Gasteiger charge is 2.13. The van der Waals surface area contributed by atoms with Gasteiger partial charge >= 0.3 is 0 Å². The van der Waals surface area contributed by atoms with Crippen LogP contribution in [-0.2, 0) is 0 Å². The van der Waals surface area contributed by atoms with Gasteiger partial charge in [0.2, 0.25) is 0 Å². The minimum absolute atomic E-state index is 0.275. The van der Waals surface area contributed by atoms with Crippen LogP contribution >= 0.6 is 15.9 Å². The summed E-state index contributed by atoms with van der Waals surface area (Å²) in [5.41, 5.74) is 2.50. The highest BCUT2D eigenvalue weighted by atomic mass is 79.9. The van der Waals surface area contributed by atoms with Crippen molar-refractivity contribution in [3.8, 4) is 0 Å². The first-order chi connectivity index (χ1) is 9.47. The summed E-state index contributed by atoms with van der Waals surface area (Å²) in [5.74, 6) is 0. The minimum atomic E-state index is 0.275. The molecule has 2 rings (SSSR count). The molecule has 4 heteroatoms. The topological polar surface area (TPSA) is 29.9 Å². The van der Waals surface area contributed by atoms with E-state index in [1.165, 1.54) is 11.1 Å². The Balaban J connectivity index is 2.04. The molecular weight excluding hydrogens is 314 g/mol. The van der Waals surface area contributed by atoms with Crippen LogP contribution in [0.2, 0.25) is 0 Å². The second-order valence-corrected chi connectivity index (χ2v) is 6.43. The fourth-order valence-electron chi connectivity index (χ4n) is 2.20. The molecule has 0 radical (unpaired) electrons. The molecule has 2 aromatic rings. The van der Waals surface area contributed by atoms with Crippen molar-refractivity contribution < 1.29 is 0 Å². The van der Waals surface area contributed by atoms with Gasteiger partial charge in [-0.15, -0.1) is 0 Å². The van der Waals surface area contributed by atoms with Gasteiger partial charge in [-0.2, -0.15) is 5.10 Å². The van der Waals surface area contributed by atoms with Crippen LogP contribution in [0.3, 0.4) is 0 Å². The second-order valence-electron chi connectivity index (χ2n) is 5.51. The van der Waals surface area contributed by atoms with Gasteiger partial charge in [0, 0.05) is 34.4 Å². The zero-order valence-corrected chi connectivity index (χ0v) is 14.1. The normalized spacial score (nSPS) is 14.5. The molecule has 108 valence electrons. The Kier molecular flexibility index (Phi) is 5.00. The van der Waals surface area contributed by atoms with Crippen LogP contribution in [-0.4, -0.2) is 9.78 Å². The van der Waals surface area contributed by atoms with Crippen LogP contribution in [0.1, 0.15) is 56.9 Å². The maximum atomic E-state index is 4.40. The summed E-state index contributed by atoms with van der Waals surface area (Å²) in [6.07, 6.45) is 4.07. The summed E-state index contributed by atoms with van der Waals surface area (Å²) in [6.45, 7) is 8.64. The largest absolute Gasteiger partial charge is 0.304 e. The van der Waals surface area contributed by atoms with Crippen LogP contribution in [0.4, 0.5) is 0 Å². The summed E-state index contributed by atoms with van der Waals surface area (Å²) in [7, 11) is 0. The molecular formula is C16H22BrN3. The van der Waals surface area contributed by atoms with E-state index < -0.39 is 0 Å². The van der Waals surface area contributed by atoms with Crippen LogP contribution in [0, 0.1) is 0 Å². The first-order valence-electron chi connectivity index (χ1n) is 7.03. The Labute approximate surface area is 129 Å². The van der Waals surface area contributed by atoms with E-state index in [-0.39, 0.29) is 6.04 Å². The zero-order chi connectivity index (χ0) is 14.7. The van der Waals surface area contributed by atoms with Crippen LogP contribution in [0.5, 0.6) is 0 Å². The average Bonchev–Trinajstić information content (AvgIpc) is 2.88. The molecule has 0 unspecified atom stereocenters. The number of rotatable bonds is 5. The van der Waals surface area contributed by atoms with E-state index in [1.807, 2.05) is 16.9 Å². The molecule has 0 aliphatic carbocycles. The standard InChI is InChI=1S/C16H22BrN3/c1-11(2)20-10-15(9-18-20)13(4)19-12(3)14-6-5-7-16(17)8-14/h5-13,19H,1-4H3/t12-,13-/m1/s1. The minimum Gasteiger partial charge on any atom is -0.304 e. The van der Waals surface area contributed by atoms with Crippen LogP contribution in [0.25, 0.3) is 0 Å². The lowest BCUT2D eigenvalue weighted by molar-refractivity contribution is 0.491. The van der Waals surface area contributed by atoms with E-state index in [4.69, 9.17) is 0 Å². The Morgan fingerprint density at radius 2 is 1.80 bits per heavy atom.